The Bertz CT molecular complexity index is 476. The molecule has 3 heteroatoms. The van der Waals surface area contributed by atoms with E-state index >= 15 is 0 Å². The van der Waals surface area contributed by atoms with Crippen molar-refractivity contribution in [1.82, 2.24) is 0 Å². The lowest BCUT2D eigenvalue weighted by molar-refractivity contribution is -0.105. The molecule has 0 aliphatic rings. The normalized spacial score (nSPS) is 9.81. The Labute approximate surface area is 92.7 Å². The minimum Gasteiger partial charge on any atom is -0.329 e. The topological polar surface area (TPSA) is 29.1 Å². The van der Waals surface area contributed by atoms with Crippen molar-refractivity contribution < 1.29 is 9.18 Å². The Balaban J connectivity index is 2.27. The van der Waals surface area contributed by atoms with Crippen molar-refractivity contribution in [3.05, 3.63) is 54.3 Å². The zero-order valence-corrected chi connectivity index (χ0v) is 8.48. The molecule has 0 bridgehead atoms. The van der Waals surface area contributed by atoms with Gasteiger partial charge in [-0.25, -0.2) is 4.39 Å². The summed E-state index contributed by atoms with van der Waals surface area (Å²) in [6.07, 6.45) is 0.632. The number of nitrogens with one attached hydrogen (secondary N) is 1. The highest BCUT2D eigenvalue weighted by Gasteiger charge is 1.98. The van der Waals surface area contributed by atoms with Crippen LogP contribution in [0.25, 0.3) is 11.1 Å². The summed E-state index contributed by atoms with van der Waals surface area (Å²) in [7, 11) is 0. The molecule has 1 amide bonds. The van der Waals surface area contributed by atoms with Gasteiger partial charge in [-0.05, 0) is 35.4 Å². The van der Waals surface area contributed by atoms with Crippen LogP contribution in [0.5, 0.6) is 0 Å². The van der Waals surface area contributed by atoms with Crippen LogP contribution in [0.15, 0.2) is 48.5 Å². The summed E-state index contributed by atoms with van der Waals surface area (Å²) >= 11 is 0. The Morgan fingerprint density at radius 1 is 0.875 bits per heavy atom. The lowest BCUT2D eigenvalue weighted by Gasteiger charge is -2.03. The summed E-state index contributed by atoms with van der Waals surface area (Å²) in [4.78, 5) is 10.2. The Kier molecular flexibility index (Phi) is 2.96. The van der Waals surface area contributed by atoms with Gasteiger partial charge in [0.25, 0.3) is 0 Å². The Morgan fingerprint density at radius 3 is 1.88 bits per heavy atom. The third kappa shape index (κ3) is 2.25. The maximum Gasteiger partial charge on any atom is 0.211 e. The molecule has 2 nitrogen and oxygen atoms in total. The predicted molar refractivity (Wildman–Crippen MR) is 61.5 cm³/mol. The zero-order valence-electron chi connectivity index (χ0n) is 8.48. The van der Waals surface area contributed by atoms with Crippen molar-refractivity contribution in [3.63, 3.8) is 0 Å². The first-order chi connectivity index (χ1) is 7.79. The SMILES string of the molecule is O=CNc1ccc(-c2ccc(F)cc2)cc1. The van der Waals surface area contributed by atoms with Gasteiger partial charge in [-0.1, -0.05) is 24.3 Å². The number of benzene rings is 2. The van der Waals surface area contributed by atoms with Crippen molar-refractivity contribution in [2.75, 3.05) is 5.32 Å². The maximum atomic E-state index is 12.7. The van der Waals surface area contributed by atoms with Gasteiger partial charge in [0.05, 0.1) is 0 Å². The molecule has 0 atom stereocenters. The minimum absolute atomic E-state index is 0.247. The molecule has 0 fully saturated rings. The van der Waals surface area contributed by atoms with E-state index in [-0.39, 0.29) is 5.82 Å². The third-order valence-electron chi connectivity index (χ3n) is 2.29. The number of hydrogen-bond donors (Lipinski definition) is 1. The van der Waals surface area contributed by atoms with E-state index < -0.39 is 0 Å². The number of rotatable bonds is 3. The fourth-order valence-electron chi connectivity index (χ4n) is 1.47. The molecule has 16 heavy (non-hydrogen) atoms. The van der Waals surface area contributed by atoms with Gasteiger partial charge in [0.2, 0.25) is 6.41 Å². The summed E-state index contributed by atoms with van der Waals surface area (Å²) in [5, 5.41) is 2.55. The lowest BCUT2D eigenvalue weighted by Crippen LogP contribution is -1.92. The number of anilines is 1. The van der Waals surface area contributed by atoms with E-state index in [4.69, 9.17) is 0 Å². The first-order valence-electron chi connectivity index (χ1n) is 4.86. The second kappa shape index (κ2) is 4.57. The molecule has 2 aromatic carbocycles. The van der Waals surface area contributed by atoms with Gasteiger partial charge >= 0.3 is 0 Å². The first-order valence-corrected chi connectivity index (χ1v) is 4.86. The van der Waals surface area contributed by atoms with Crippen molar-refractivity contribution in [3.8, 4) is 11.1 Å². The molecule has 0 aromatic heterocycles. The van der Waals surface area contributed by atoms with Gasteiger partial charge in [-0.2, -0.15) is 0 Å². The Hall–Kier alpha value is -2.16. The van der Waals surface area contributed by atoms with Crippen molar-refractivity contribution in [2.24, 2.45) is 0 Å². The summed E-state index contributed by atoms with van der Waals surface area (Å²) in [6.45, 7) is 0. The average molecular weight is 215 g/mol. The zero-order chi connectivity index (χ0) is 11.4. The summed E-state index contributed by atoms with van der Waals surface area (Å²) in [5.74, 6) is -0.247. The van der Waals surface area contributed by atoms with Gasteiger partial charge in [0.15, 0.2) is 0 Å². The van der Waals surface area contributed by atoms with Gasteiger partial charge in [-0.3, -0.25) is 4.79 Å². The summed E-state index contributed by atoms with van der Waals surface area (Å²) < 4.78 is 12.7. The summed E-state index contributed by atoms with van der Waals surface area (Å²) in [6, 6.07) is 13.6. The van der Waals surface area contributed by atoms with E-state index in [1.165, 1.54) is 12.1 Å². The molecule has 0 aliphatic carbocycles. The molecule has 0 aliphatic heterocycles. The molecule has 0 radical (unpaired) electrons. The van der Waals surface area contributed by atoms with Crippen LogP contribution >= 0.6 is 0 Å². The smallest absolute Gasteiger partial charge is 0.211 e. The van der Waals surface area contributed by atoms with E-state index in [0.717, 1.165) is 16.8 Å². The largest absolute Gasteiger partial charge is 0.329 e. The molecule has 2 rings (SSSR count). The van der Waals surface area contributed by atoms with Crippen LogP contribution in [0.3, 0.4) is 0 Å². The van der Waals surface area contributed by atoms with Gasteiger partial charge in [-0.15, -0.1) is 0 Å². The molecular formula is C13H10FNO. The van der Waals surface area contributed by atoms with Crippen molar-refractivity contribution >= 4 is 12.1 Å². The highest BCUT2D eigenvalue weighted by molar-refractivity contribution is 5.73. The monoisotopic (exact) mass is 215 g/mol. The fraction of sp³-hybridized carbons (Fsp3) is 0. The molecule has 80 valence electrons. The molecule has 0 heterocycles. The van der Waals surface area contributed by atoms with E-state index in [2.05, 4.69) is 5.32 Å². The Morgan fingerprint density at radius 2 is 1.38 bits per heavy atom. The lowest BCUT2D eigenvalue weighted by atomic mass is 10.1. The second-order valence-electron chi connectivity index (χ2n) is 3.35. The van der Waals surface area contributed by atoms with Crippen LogP contribution < -0.4 is 5.32 Å². The highest BCUT2D eigenvalue weighted by Crippen LogP contribution is 2.21. The molecule has 1 N–H and O–H groups in total. The second-order valence-corrected chi connectivity index (χ2v) is 3.35. The van der Waals surface area contributed by atoms with Crippen molar-refractivity contribution in [1.29, 1.82) is 0 Å². The molecule has 0 saturated heterocycles. The van der Waals surface area contributed by atoms with Crippen LogP contribution in [0.1, 0.15) is 0 Å². The molecule has 0 unspecified atom stereocenters. The number of halogens is 1. The van der Waals surface area contributed by atoms with Crippen LogP contribution in [-0.2, 0) is 4.79 Å². The van der Waals surface area contributed by atoms with Crippen LogP contribution in [0.4, 0.5) is 10.1 Å². The van der Waals surface area contributed by atoms with E-state index in [0.29, 0.717) is 6.41 Å². The standard InChI is InChI=1S/C13H10FNO/c14-12-5-1-10(2-6-12)11-3-7-13(8-4-11)15-9-16/h1-9H,(H,15,16). The molecule has 2 aromatic rings. The van der Waals surface area contributed by atoms with Crippen molar-refractivity contribution in [2.45, 2.75) is 0 Å². The first kappa shape index (κ1) is 10.4. The van der Waals surface area contributed by atoms with Crippen LogP contribution in [0, 0.1) is 5.82 Å². The number of carbonyl (C=O) groups is 1. The highest BCUT2D eigenvalue weighted by atomic mass is 19.1. The summed E-state index contributed by atoms with van der Waals surface area (Å²) in [5.41, 5.74) is 2.66. The van der Waals surface area contributed by atoms with Crippen LogP contribution in [0.2, 0.25) is 0 Å². The number of hydrogen-bond acceptors (Lipinski definition) is 1. The molecule has 0 saturated carbocycles. The fourth-order valence-corrected chi connectivity index (χ4v) is 1.47. The van der Waals surface area contributed by atoms with Gasteiger partial charge in [0.1, 0.15) is 5.82 Å². The minimum atomic E-state index is -0.247. The quantitative estimate of drug-likeness (QED) is 0.783. The van der Waals surface area contributed by atoms with Gasteiger partial charge in [0, 0.05) is 5.69 Å². The number of amides is 1. The average Bonchev–Trinajstić information content (AvgIpc) is 2.32. The third-order valence-corrected chi connectivity index (χ3v) is 2.29. The molecular weight excluding hydrogens is 205 g/mol. The predicted octanol–water partition coefficient (Wildman–Crippen LogP) is 3.06. The number of carbonyl (C=O) groups excluding carboxylic acids is 1. The van der Waals surface area contributed by atoms with Crippen LogP contribution in [-0.4, -0.2) is 6.41 Å². The molecule has 0 spiro atoms. The van der Waals surface area contributed by atoms with E-state index in [1.54, 1.807) is 24.3 Å². The van der Waals surface area contributed by atoms with Gasteiger partial charge < -0.3 is 5.32 Å². The van der Waals surface area contributed by atoms with E-state index in [9.17, 15) is 9.18 Å². The van der Waals surface area contributed by atoms with E-state index in [1.807, 2.05) is 12.1 Å². The maximum absolute atomic E-state index is 12.7.